The third-order valence-corrected chi connectivity index (χ3v) is 4.64. The van der Waals surface area contributed by atoms with Gasteiger partial charge in [0.15, 0.2) is 0 Å². The zero-order valence-corrected chi connectivity index (χ0v) is 12.0. The first-order valence-electron chi connectivity index (χ1n) is 5.89. The minimum Gasteiger partial charge on any atom is -0.389 e. The van der Waals surface area contributed by atoms with Gasteiger partial charge < -0.3 is 5.11 Å². The first-order valence-corrected chi connectivity index (χ1v) is 7.38. The van der Waals surface area contributed by atoms with Gasteiger partial charge in [0.2, 0.25) is 10.0 Å². The van der Waals surface area contributed by atoms with E-state index in [0.29, 0.717) is 0 Å². The van der Waals surface area contributed by atoms with E-state index in [1.807, 2.05) is 13.8 Å². The molecule has 1 aromatic rings. The molecule has 0 amide bonds. The molecule has 0 saturated carbocycles. The molecule has 0 aliphatic heterocycles. The van der Waals surface area contributed by atoms with Crippen molar-refractivity contribution < 1.29 is 13.5 Å². The second-order valence-corrected chi connectivity index (χ2v) is 6.61. The molecule has 2 atom stereocenters. The molecule has 6 nitrogen and oxygen atoms in total. The first-order chi connectivity index (χ1) is 8.19. The number of nitrogens with one attached hydrogen (secondary N) is 1. The summed E-state index contributed by atoms with van der Waals surface area (Å²) in [5, 5.41) is 14.0. The van der Waals surface area contributed by atoms with E-state index < -0.39 is 15.6 Å². The van der Waals surface area contributed by atoms with Crippen molar-refractivity contribution in [2.75, 3.05) is 6.54 Å². The van der Waals surface area contributed by atoms with Gasteiger partial charge in [0.25, 0.3) is 0 Å². The summed E-state index contributed by atoms with van der Waals surface area (Å²) < 4.78 is 27.7. The van der Waals surface area contributed by atoms with E-state index in [0.717, 1.165) is 6.42 Å². The number of aliphatic hydroxyl groups is 1. The lowest BCUT2D eigenvalue weighted by molar-refractivity contribution is 0.0102. The van der Waals surface area contributed by atoms with E-state index in [2.05, 4.69) is 9.82 Å². The Morgan fingerprint density at radius 2 is 2.22 bits per heavy atom. The number of aryl methyl sites for hydroxylation is 1. The smallest absolute Gasteiger partial charge is 0.243 e. The maximum absolute atomic E-state index is 11.9. The van der Waals surface area contributed by atoms with E-state index in [1.54, 1.807) is 14.0 Å². The van der Waals surface area contributed by atoms with Crippen LogP contribution in [0, 0.1) is 5.92 Å². The summed E-state index contributed by atoms with van der Waals surface area (Å²) in [7, 11) is -1.96. The van der Waals surface area contributed by atoms with Crippen LogP contribution in [0.15, 0.2) is 17.3 Å². The molecule has 0 radical (unpaired) electrons. The average molecular weight is 275 g/mol. The molecule has 1 heterocycles. The predicted octanol–water partition coefficient (Wildman–Crippen LogP) is 0.495. The highest BCUT2D eigenvalue weighted by Gasteiger charge is 2.29. The topological polar surface area (TPSA) is 84.2 Å². The fourth-order valence-electron chi connectivity index (χ4n) is 1.48. The molecule has 0 spiro atoms. The molecular formula is C11H21N3O3S. The highest BCUT2D eigenvalue weighted by molar-refractivity contribution is 7.89. The highest BCUT2D eigenvalue weighted by atomic mass is 32.2. The van der Waals surface area contributed by atoms with Gasteiger partial charge in [0.05, 0.1) is 11.8 Å². The van der Waals surface area contributed by atoms with Gasteiger partial charge in [-0.25, -0.2) is 13.1 Å². The molecule has 0 unspecified atom stereocenters. The summed E-state index contributed by atoms with van der Waals surface area (Å²) in [6.07, 6.45) is 3.47. The normalized spacial score (nSPS) is 17.4. The zero-order valence-electron chi connectivity index (χ0n) is 11.2. The molecule has 1 rings (SSSR count). The fraction of sp³-hybridized carbons (Fsp3) is 0.727. The summed E-state index contributed by atoms with van der Waals surface area (Å²) in [5.41, 5.74) is -1.07. The number of hydrogen-bond acceptors (Lipinski definition) is 4. The third-order valence-electron chi connectivity index (χ3n) is 3.29. The molecule has 104 valence electrons. The van der Waals surface area contributed by atoms with Gasteiger partial charge in [0, 0.05) is 19.8 Å². The van der Waals surface area contributed by atoms with Crippen LogP contribution < -0.4 is 4.72 Å². The van der Waals surface area contributed by atoms with Gasteiger partial charge in [-0.15, -0.1) is 0 Å². The van der Waals surface area contributed by atoms with Crippen molar-refractivity contribution in [2.45, 2.75) is 37.7 Å². The van der Waals surface area contributed by atoms with E-state index >= 15 is 0 Å². The Morgan fingerprint density at radius 3 is 2.67 bits per heavy atom. The molecule has 0 aliphatic rings. The number of aromatic nitrogens is 2. The Balaban J connectivity index is 2.74. The summed E-state index contributed by atoms with van der Waals surface area (Å²) in [5.74, 6) is 0.00842. The second-order valence-electron chi connectivity index (χ2n) is 4.84. The van der Waals surface area contributed by atoms with Crippen molar-refractivity contribution in [1.82, 2.24) is 14.5 Å². The van der Waals surface area contributed by atoms with Gasteiger partial charge in [0.1, 0.15) is 4.90 Å². The van der Waals surface area contributed by atoms with Crippen LogP contribution in [0.25, 0.3) is 0 Å². The molecule has 2 N–H and O–H groups in total. The van der Waals surface area contributed by atoms with Crippen LogP contribution >= 0.6 is 0 Å². The van der Waals surface area contributed by atoms with Gasteiger partial charge >= 0.3 is 0 Å². The summed E-state index contributed by atoms with van der Waals surface area (Å²) in [6.45, 7) is 5.46. The summed E-state index contributed by atoms with van der Waals surface area (Å²) in [6, 6.07) is 0. The lowest BCUT2D eigenvalue weighted by atomic mass is 9.89. The van der Waals surface area contributed by atoms with Gasteiger partial charge in [-0.2, -0.15) is 5.10 Å². The molecule has 0 aliphatic carbocycles. The monoisotopic (exact) mass is 275 g/mol. The van der Waals surface area contributed by atoms with Crippen molar-refractivity contribution in [3.8, 4) is 0 Å². The Bertz CT molecular complexity index is 493. The minimum absolute atomic E-state index is 0.00842. The molecule has 0 fully saturated rings. The van der Waals surface area contributed by atoms with Gasteiger partial charge in [-0.1, -0.05) is 20.3 Å². The van der Waals surface area contributed by atoms with E-state index in [-0.39, 0.29) is 17.4 Å². The van der Waals surface area contributed by atoms with Crippen molar-refractivity contribution in [2.24, 2.45) is 13.0 Å². The van der Waals surface area contributed by atoms with Gasteiger partial charge in [-0.3, -0.25) is 4.68 Å². The van der Waals surface area contributed by atoms with Crippen LogP contribution in [0.2, 0.25) is 0 Å². The number of nitrogens with zero attached hydrogens (tertiary/aromatic N) is 2. The molecule has 0 saturated heterocycles. The molecular weight excluding hydrogens is 254 g/mol. The number of hydrogen-bond donors (Lipinski definition) is 2. The Hall–Kier alpha value is -0.920. The molecule has 1 aromatic heterocycles. The van der Waals surface area contributed by atoms with Crippen LogP contribution in [-0.2, 0) is 17.1 Å². The zero-order chi connectivity index (χ0) is 14.0. The first kappa shape index (κ1) is 15.1. The standard InChI is InChI=1S/C11H21N3O3S/c1-5-9(2)11(3,15)8-13-18(16,17)10-6-12-14(4)7-10/h6-7,9,13,15H,5,8H2,1-4H3/t9-,11+/m1/s1. The highest BCUT2D eigenvalue weighted by Crippen LogP contribution is 2.19. The lowest BCUT2D eigenvalue weighted by Gasteiger charge is -2.29. The maximum atomic E-state index is 11.9. The van der Waals surface area contributed by atoms with Crippen molar-refractivity contribution >= 4 is 10.0 Å². The number of sulfonamides is 1. The third kappa shape index (κ3) is 3.54. The van der Waals surface area contributed by atoms with Crippen LogP contribution in [0.5, 0.6) is 0 Å². The Kier molecular flexibility index (Phi) is 4.52. The molecule has 7 heteroatoms. The Morgan fingerprint density at radius 1 is 1.61 bits per heavy atom. The minimum atomic E-state index is -3.61. The molecule has 0 aromatic carbocycles. The quantitative estimate of drug-likeness (QED) is 0.791. The fourth-order valence-corrected chi connectivity index (χ4v) is 2.60. The Labute approximate surface area is 108 Å². The maximum Gasteiger partial charge on any atom is 0.243 e. The van der Waals surface area contributed by atoms with Gasteiger partial charge in [-0.05, 0) is 12.8 Å². The van der Waals surface area contributed by atoms with Crippen molar-refractivity contribution in [3.63, 3.8) is 0 Å². The molecule has 0 bridgehead atoms. The van der Waals surface area contributed by atoms with E-state index in [4.69, 9.17) is 0 Å². The average Bonchev–Trinajstić information content (AvgIpc) is 2.73. The van der Waals surface area contributed by atoms with Crippen molar-refractivity contribution in [1.29, 1.82) is 0 Å². The van der Waals surface area contributed by atoms with Crippen LogP contribution in [-0.4, -0.2) is 35.5 Å². The number of rotatable bonds is 6. The predicted molar refractivity (Wildman–Crippen MR) is 68.5 cm³/mol. The van der Waals surface area contributed by atoms with Crippen LogP contribution in [0.4, 0.5) is 0 Å². The van der Waals surface area contributed by atoms with E-state index in [9.17, 15) is 13.5 Å². The SMILES string of the molecule is CC[C@@H](C)[C@@](C)(O)CNS(=O)(=O)c1cnn(C)c1. The van der Waals surface area contributed by atoms with Crippen LogP contribution in [0.3, 0.4) is 0 Å². The van der Waals surface area contributed by atoms with Crippen LogP contribution in [0.1, 0.15) is 27.2 Å². The van der Waals surface area contributed by atoms with Crippen molar-refractivity contribution in [3.05, 3.63) is 12.4 Å². The van der Waals surface area contributed by atoms with E-state index in [1.165, 1.54) is 17.1 Å². The second kappa shape index (κ2) is 5.38. The lowest BCUT2D eigenvalue weighted by Crippen LogP contribution is -2.44. The largest absolute Gasteiger partial charge is 0.389 e. The summed E-state index contributed by atoms with van der Waals surface area (Å²) >= 11 is 0. The summed E-state index contributed by atoms with van der Waals surface area (Å²) in [4.78, 5) is 0.102. The molecule has 18 heavy (non-hydrogen) atoms.